The Morgan fingerprint density at radius 2 is 1.62 bits per heavy atom. The van der Waals surface area contributed by atoms with Gasteiger partial charge in [-0.2, -0.15) is 9.67 Å². The Hall–Kier alpha value is -3.69. The van der Waals surface area contributed by atoms with Crippen LogP contribution in [0.4, 0.5) is 4.39 Å². The highest BCUT2D eigenvalue weighted by Gasteiger charge is 2.23. The van der Waals surface area contributed by atoms with Gasteiger partial charge in [-0.05, 0) is 54.6 Å². The van der Waals surface area contributed by atoms with E-state index in [1.165, 1.54) is 33.5 Å². The maximum atomic E-state index is 13.5. The van der Waals surface area contributed by atoms with Gasteiger partial charge in [0.2, 0.25) is 5.16 Å². The van der Waals surface area contributed by atoms with Crippen LogP contribution in [-0.4, -0.2) is 28.8 Å². The number of rotatable bonds is 4. The molecule has 0 fully saturated rings. The van der Waals surface area contributed by atoms with E-state index >= 15 is 0 Å². The highest BCUT2D eigenvalue weighted by molar-refractivity contribution is 7.85. The Balaban J connectivity index is 1.82. The third-order valence-electron chi connectivity index (χ3n) is 4.71. The quantitative estimate of drug-likeness (QED) is 0.376. The van der Waals surface area contributed by atoms with Crippen LogP contribution in [0.25, 0.3) is 22.5 Å². The number of aromatic nitrogens is 5. The van der Waals surface area contributed by atoms with Crippen molar-refractivity contribution in [1.82, 2.24) is 24.5 Å². The molecule has 2 heterocycles. The van der Waals surface area contributed by atoms with Crippen molar-refractivity contribution in [3.63, 3.8) is 0 Å². The van der Waals surface area contributed by atoms with Crippen LogP contribution >= 0.6 is 11.6 Å². The summed E-state index contributed by atoms with van der Waals surface area (Å²) in [6.07, 6.45) is 0. The molecule has 5 aromatic rings. The molecule has 0 bridgehead atoms. The van der Waals surface area contributed by atoms with Crippen molar-refractivity contribution in [1.29, 1.82) is 0 Å². The van der Waals surface area contributed by atoms with Crippen LogP contribution in [0.1, 0.15) is 0 Å². The van der Waals surface area contributed by atoms with E-state index in [-0.39, 0.29) is 21.2 Å². The Kier molecular flexibility index (Phi) is 5.12. The molecule has 0 aliphatic carbocycles. The third-order valence-corrected chi connectivity index (χ3v) is 6.25. The first-order valence-corrected chi connectivity index (χ1v) is 10.9. The lowest BCUT2D eigenvalue weighted by molar-refractivity contribution is 0.626. The molecule has 0 saturated carbocycles. The molecule has 0 N–H and O–H groups in total. The molecule has 0 saturated heterocycles. The summed E-state index contributed by atoms with van der Waals surface area (Å²) in [6.45, 7) is 0. The summed E-state index contributed by atoms with van der Waals surface area (Å²) in [7, 11) is -1.92. The first-order chi connectivity index (χ1) is 15.5. The molecule has 0 aliphatic rings. The summed E-state index contributed by atoms with van der Waals surface area (Å²) in [4.78, 5) is 18.3. The minimum Gasteiger partial charge on any atom is -0.266 e. The van der Waals surface area contributed by atoms with Crippen molar-refractivity contribution in [2.24, 2.45) is 0 Å². The maximum absolute atomic E-state index is 13.5. The summed E-state index contributed by atoms with van der Waals surface area (Å²) in [6, 6.07) is 20.7. The number of nitrogens with zero attached hydrogens (tertiary/aromatic N) is 5. The largest absolute Gasteiger partial charge is 0.289 e. The average Bonchev–Trinajstić information content (AvgIpc) is 3.24. The van der Waals surface area contributed by atoms with Crippen molar-refractivity contribution in [3.8, 4) is 11.4 Å². The van der Waals surface area contributed by atoms with E-state index in [1.807, 2.05) is 18.2 Å². The van der Waals surface area contributed by atoms with Crippen molar-refractivity contribution in [2.45, 2.75) is 10.1 Å². The second-order valence-corrected chi connectivity index (χ2v) is 8.56. The molecule has 3 aromatic carbocycles. The Morgan fingerprint density at radius 3 is 2.34 bits per heavy atom. The Labute approximate surface area is 188 Å². The molecule has 2 aromatic heterocycles. The normalized spacial score (nSPS) is 12.2. The monoisotopic (exact) mass is 465 g/mol. The van der Waals surface area contributed by atoms with E-state index in [2.05, 4.69) is 15.3 Å². The topological polar surface area (TPSA) is 82.7 Å². The molecule has 158 valence electrons. The first-order valence-electron chi connectivity index (χ1n) is 9.40. The minimum atomic E-state index is -1.92. The Bertz CT molecular complexity index is 1530. The van der Waals surface area contributed by atoms with Gasteiger partial charge in [-0.25, -0.2) is 8.60 Å². The predicted octanol–water partition coefficient (Wildman–Crippen LogP) is 3.93. The predicted molar refractivity (Wildman–Crippen MR) is 118 cm³/mol. The van der Waals surface area contributed by atoms with Gasteiger partial charge in [0.1, 0.15) is 16.6 Å². The summed E-state index contributed by atoms with van der Waals surface area (Å²) in [5, 5.41) is 8.43. The van der Waals surface area contributed by atoms with Crippen molar-refractivity contribution in [3.05, 3.63) is 100 Å². The van der Waals surface area contributed by atoms with Gasteiger partial charge in [0, 0.05) is 9.92 Å². The Morgan fingerprint density at radius 1 is 0.906 bits per heavy atom. The van der Waals surface area contributed by atoms with Crippen molar-refractivity contribution in [2.75, 3.05) is 0 Å². The lowest BCUT2D eigenvalue weighted by atomic mass is 10.3. The van der Waals surface area contributed by atoms with E-state index < -0.39 is 22.2 Å². The van der Waals surface area contributed by atoms with Crippen LogP contribution in [0.2, 0.25) is 5.02 Å². The molecule has 32 heavy (non-hydrogen) atoms. The molecule has 0 amide bonds. The number of benzene rings is 3. The number of para-hydroxylation sites is 1. The maximum Gasteiger partial charge on any atom is 0.289 e. The standard InChI is InChI=1S/C22H13ClFN5O2S/c23-14-5-4-8-17(13-14)28-21(30)19-20(29(27-26-19)16-6-2-1-3-7-16)25-22(28)32(31)18-11-9-15(24)10-12-18/h1-13H. The summed E-state index contributed by atoms with van der Waals surface area (Å²) < 4.78 is 29.5. The number of hydrogen-bond donors (Lipinski definition) is 0. The highest BCUT2D eigenvalue weighted by Crippen LogP contribution is 2.22. The van der Waals surface area contributed by atoms with Gasteiger partial charge < -0.3 is 0 Å². The molecule has 1 unspecified atom stereocenters. The fourth-order valence-corrected chi connectivity index (χ4v) is 4.53. The van der Waals surface area contributed by atoms with Gasteiger partial charge in [-0.15, -0.1) is 5.10 Å². The molecule has 5 rings (SSSR count). The molecular formula is C22H13ClFN5O2S. The number of hydrogen-bond acceptors (Lipinski definition) is 5. The first kappa shape index (κ1) is 20.2. The van der Waals surface area contributed by atoms with Crippen LogP contribution in [0, 0.1) is 5.82 Å². The summed E-state index contributed by atoms with van der Waals surface area (Å²) in [5.41, 5.74) is 0.626. The fourth-order valence-electron chi connectivity index (χ4n) is 3.22. The van der Waals surface area contributed by atoms with Crippen LogP contribution < -0.4 is 5.56 Å². The highest BCUT2D eigenvalue weighted by atomic mass is 35.5. The zero-order valence-corrected chi connectivity index (χ0v) is 17.8. The number of fused-ring (bicyclic) bond motifs is 1. The fraction of sp³-hybridized carbons (Fsp3) is 0. The van der Waals surface area contributed by atoms with Crippen LogP contribution in [-0.2, 0) is 10.8 Å². The number of halogens is 2. The van der Waals surface area contributed by atoms with Crippen molar-refractivity contribution < 1.29 is 8.60 Å². The SMILES string of the molecule is O=c1c2nnn(-c3ccccc3)c2nc(S(=O)c2ccc(F)cc2)n1-c1cccc(Cl)c1. The van der Waals surface area contributed by atoms with E-state index in [0.29, 0.717) is 16.4 Å². The van der Waals surface area contributed by atoms with E-state index in [4.69, 9.17) is 11.6 Å². The molecule has 0 radical (unpaired) electrons. The van der Waals surface area contributed by atoms with Crippen LogP contribution in [0.3, 0.4) is 0 Å². The van der Waals surface area contributed by atoms with E-state index in [9.17, 15) is 13.4 Å². The summed E-state index contributed by atoms with van der Waals surface area (Å²) >= 11 is 6.13. The van der Waals surface area contributed by atoms with Crippen LogP contribution in [0.15, 0.2) is 93.7 Å². The molecule has 10 heteroatoms. The van der Waals surface area contributed by atoms with E-state index in [1.54, 1.807) is 36.4 Å². The minimum absolute atomic E-state index is 0.00804. The van der Waals surface area contributed by atoms with Gasteiger partial charge in [0.15, 0.2) is 11.2 Å². The third kappa shape index (κ3) is 3.51. The molecule has 0 spiro atoms. The lowest BCUT2D eigenvalue weighted by Crippen LogP contribution is -2.25. The zero-order chi connectivity index (χ0) is 22.2. The molecule has 1 atom stereocenters. The van der Waals surface area contributed by atoms with Crippen LogP contribution in [0.5, 0.6) is 0 Å². The molecule has 0 aliphatic heterocycles. The lowest BCUT2D eigenvalue weighted by Gasteiger charge is -2.12. The average molecular weight is 466 g/mol. The van der Waals surface area contributed by atoms with Gasteiger partial charge in [0.05, 0.1) is 11.4 Å². The van der Waals surface area contributed by atoms with E-state index in [0.717, 1.165) is 0 Å². The zero-order valence-electron chi connectivity index (χ0n) is 16.2. The smallest absolute Gasteiger partial charge is 0.266 e. The van der Waals surface area contributed by atoms with Gasteiger partial charge >= 0.3 is 0 Å². The molecule has 7 nitrogen and oxygen atoms in total. The second kappa shape index (κ2) is 8.10. The molecular weight excluding hydrogens is 453 g/mol. The van der Waals surface area contributed by atoms with Gasteiger partial charge in [0.25, 0.3) is 5.56 Å². The second-order valence-electron chi connectivity index (χ2n) is 6.75. The van der Waals surface area contributed by atoms with Gasteiger partial charge in [-0.1, -0.05) is 41.1 Å². The summed E-state index contributed by atoms with van der Waals surface area (Å²) in [5.74, 6) is -0.465. The van der Waals surface area contributed by atoms with Gasteiger partial charge in [-0.3, -0.25) is 9.36 Å². The van der Waals surface area contributed by atoms with Crippen molar-refractivity contribution >= 4 is 33.6 Å².